The number of anilines is 1. The summed E-state index contributed by atoms with van der Waals surface area (Å²) < 4.78 is 38.9. The highest BCUT2D eigenvalue weighted by Gasteiger charge is 2.45. The third kappa shape index (κ3) is 3.81. The van der Waals surface area contributed by atoms with Gasteiger partial charge in [0.25, 0.3) is 5.91 Å². The van der Waals surface area contributed by atoms with Crippen molar-refractivity contribution in [3.63, 3.8) is 0 Å². The standard InChI is InChI=1S/C14H16ClF3N2O/c15-10-7-8(5-6-11(10)19)13(21)20-12-4-2-1-3-9(12)14(16,17)18/h5-7,9,12H,1-4,19H2,(H,20,21). The highest BCUT2D eigenvalue weighted by Crippen LogP contribution is 2.37. The van der Waals surface area contributed by atoms with E-state index in [-0.39, 0.29) is 17.0 Å². The number of carbonyl (C=O) groups is 1. The molecule has 1 fully saturated rings. The Kier molecular flexibility index (Phi) is 4.66. The molecule has 21 heavy (non-hydrogen) atoms. The van der Waals surface area contributed by atoms with E-state index >= 15 is 0 Å². The lowest BCUT2D eigenvalue weighted by Crippen LogP contribution is -2.47. The fraction of sp³-hybridized carbons (Fsp3) is 0.500. The molecule has 116 valence electrons. The van der Waals surface area contributed by atoms with Gasteiger partial charge < -0.3 is 11.1 Å². The molecule has 3 nitrogen and oxygen atoms in total. The van der Waals surface area contributed by atoms with Gasteiger partial charge in [-0.05, 0) is 31.0 Å². The minimum atomic E-state index is -4.29. The second kappa shape index (κ2) is 6.13. The highest BCUT2D eigenvalue weighted by molar-refractivity contribution is 6.33. The molecule has 0 bridgehead atoms. The Hall–Kier alpha value is -1.43. The molecule has 0 aromatic heterocycles. The van der Waals surface area contributed by atoms with Crippen molar-refractivity contribution in [1.29, 1.82) is 0 Å². The van der Waals surface area contributed by atoms with Gasteiger partial charge in [-0.1, -0.05) is 24.4 Å². The first-order valence-corrected chi connectivity index (χ1v) is 7.09. The summed E-state index contributed by atoms with van der Waals surface area (Å²) >= 11 is 5.82. The molecule has 3 N–H and O–H groups in total. The molecule has 2 atom stereocenters. The van der Waals surface area contributed by atoms with Crippen LogP contribution >= 0.6 is 11.6 Å². The molecule has 2 rings (SSSR count). The van der Waals surface area contributed by atoms with Gasteiger partial charge in [-0.2, -0.15) is 13.2 Å². The number of rotatable bonds is 2. The Morgan fingerprint density at radius 1 is 1.29 bits per heavy atom. The second-order valence-corrected chi connectivity index (χ2v) is 5.66. The molecule has 1 aromatic rings. The maximum Gasteiger partial charge on any atom is 0.393 e. The lowest BCUT2D eigenvalue weighted by Gasteiger charge is -2.33. The fourth-order valence-corrected chi connectivity index (χ4v) is 2.80. The van der Waals surface area contributed by atoms with Crippen LogP contribution in [0.5, 0.6) is 0 Å². The predicted octanol–water partition coefficient (Wildman–Crippen LogP) is 3.77. The summed E-state index contributed by atoms with van der Waals surface area (Å²) in [5.41, 5.74) is 6.07. The number of halogens is 4. The minimum Gasteiger partial charge on any atom is -0.398 e. The summed E-state index contributed by atoms with van der Waals surface area (Å²) in [6.45, 7) is 0. The van der Waals surface area contributed by atoms with Gasteiger partial charge in [-0.3, -0.25) is 4.79 Å². The quantitative estimate of drug-likeness (QED) is 0.815. The van der Waals surface area contributed by atoms with Gasteiger partial charge in [0.2, 0.25) is 0 Å². The van der Waals surface area contributed by atoms with Crippen LogP contribution in [0.2, 0.25) is 5.02 Å². The van der Waals surface area contributed by atoms with E-state index in [1.807, 2.05) is 0 Å². The Balaban J connectivity index is 2.11. The van der Waals surface area contributed by atoms with Crippen LogP contribution in [0, 0.1) is 5.92 Å². The molecule has 0 heterocycles. The van der Waals surface area contributed by atoms with E-state index in [1.165, 1.54) is 18.2 Å². The first-order chi connectivity index (χ1) is 9.79. The number of nitrogens with one attached hydrogen (secondary N) is 1. The smallest absolute Gasteiger partial charge is 0.393 e. The van der Waals surface area contributed by atoms with Gasteiger partial charge in [-0.15, -0.1) is 0 Å². The zero-order valence-electron chi connectivity index (χ0n) is 11.2. The Bertz CT molecular complexity index is 533. The van der Waals surface area contributed by atoms with Crippen molar-refractivity contribution in [1.82, 2.24) is 5.32 Å². The molecule has 1 aromatic carbocycles. The number of nitrogens with two attached hydrogens (primary N) is 1. The summed E-state index contributed by atoms with van der Waals surface area (Å²) in [6, 6.07) is 3.38. The summed E-state index contributed by atoms with van der Waals surface area (Å²) in [5, 5.41) is 2.69. The van der Waals surface area contributed by atoms with E-state index in [0.717, 1.165) is 0 Å². The molecule has 0 aliphatic heterocycles. The third-order valence-corrected chi connectivity index (χ3v) is 4.09. The molecular weight excluding hydrogens is 305 g/mol. The van der Waals surface area contributed by atoms with Gasteiger partial charge in [0.15, 0.2) is 0 Å². The molecule has 0 saturated heterocycles. The van der Waals surface area contributed by atoms with Crippen LogP contribution in [0.15, 0.2) is 18.2 Å². The summed E-state index contributed by atoms with van der Waals surface area (Å²) in [6.07, 6.45) is -2.70. The van der Waals surface area contributed by atoms with Crippen molar-refractivity contribution in [2.45, 2.75) is 37.9 Å². The molecule has 7 heteroatoms. The average Bonchev–Trinajstić information content (AvgIpc) is 2.41. The second-order valence-electron chi connectivity index (χ2n) is 5.25. The van der Waals surface area contributed by atoms with E-state index in [1.54, 1.807) is 0 Å². The number of alkyl halides is 3. The van der Waals surface area contributed by atoms with Crippen molar-refractivity contribution in [3.05, 3.63) is 28.8 Å². The van der Waals surface area contributed by atoms with Crippen LogP contribution in [-0.2, 0) is 0 Å². The van der Waals surface area contributed by atoms with Crippen molar-refractivity contribution < 1.29 is 18.0 Å². The first kappa shape index (κ1) is 15.9. The normalized spacial score (nSPS) is 22.9. The lowest BCUT2D eigenvalue weighted by molar-refractivity contribution is -0.187. The Morgan fingerprint density at radius 2 is 1.95 bits per heavy atom. The number of amides is 1. The van der Waals surface area contributed by atoms with Crippen LogP contribution in [0.1, 0.15) is 36.0 Å². The van der Waals surface area contributed by atoms with Gasteiger partial charge in [0.1, 0.15) is 0 Å². The van der Waals surface area contributed by atoms with Gasteiger partial charge in [0, 0.05) is 11.6 Å². The molecule has 2 unspecified atom stereocenters. The third-order valence-electron chi connectivity index (χ3n) is 3.77. The molecule has 0 radical (unpaired) electrons. The zero-order chi connectivity index (χ0) is 15.6. The molecular formula is C14H16ClF3N2O. The van der Waals surface area contributed by atoms with Crippen molar-refractivity contribution >= 4 is 23.2 Å². The number of nitrogen functional groups attached to an aromatic ring is 1. The van der Waals surface area contributed by atoms with Crippen LogP contribution in [0.4, 0.5) is 18.9 Å². The first-order valence-electron chi connectivity index (χ1n) is 6.71. The van der Waals surface area contributed by atoms with Gasteiger partial charge >= 0.3 is 6.18 Å². The van der Waals surface area contributed by atoms with E-state index in [2.05, 4.69) is 5.32 Å². The van der Waals surface area contributed by atoms with E-state index in [4.69, 9.17) is 17.3 Å². The molecule has 1 aliphatic rings. The van der Waals surface area contributed by atoms with E-state index in [9.17, 15) is 18.0 Å². The van der Waals surface area contributed by atoms with E-state index in [0.29, 0.717) is 24.9 Å². The van der Waals surface area contributed by atoms with Crippen molar-refractivity contribution in [2.24, 2.45) is 5.92 Å². The Labute approximate surface area is 125 Å². The maximum atomic E-state index is 13.0. The topological polar surface area (TPSA) is 55.1 Å². The summed E-state index contributed by atoms with van der Waals surface area (Å²) in [5.74, 6) is -2.04. The van der Waals surface area contributed by atoms with Crippen LogP contribution < -0.4 is 11.1 Å². The molecule has 1 saturated carbocycles. The number of hydrogen-bond donors (Lipinski definition) is 2. The monoisotopic (exact) mass is 320 g/mol. The largest absolute Gasteiger partial charge is 0.398 e. The average molecular weight is 321 g/mol. The van der Waals surface area contributed by atoms with Crippen molar-refractivity contribution in [3.8, 4) is 0 Å². The van der Waals surface area contributed by atoms with Crippen LogP contribution in [0.3, 0.4) is 0 Å². The minimum absolute atomic E-state index is 0.0525. The van der Waals surface area contributed by atoms with Crippen LogP contribution in [-0.4, -0.2) is 18.1 Å². The molecule has 1 aliphatic carbocycles. The van der Waals surface area contributed by atoms with E-state index < -0.39 is 24.0 Å². The van der Waals surface area contributed by atoms with Crippen molar-refractivity contribution in [2.75, 3.05) is 5.73 Å². The van der Waals surface area contributed by atoms with Gasteiger partial charge in [0.05, 0.1) is 16.6 Å². The lowest BCUT2D eigenvalue weighted by atomic mass is 9.84. The summed E-state index contributed by atoms with van der Waals surface area (Å²) in [4.78, 5) is 12.1. The molecule has 0 spiro atoms. The van der Waals surface area contributed by atoms with Crippen LogP contribution in [0.25, 0.3) is 0 Å². The number of hydrogen-bond acceptors (Lipinski definition) is 2. The highest BCUT2D eigenvalue weighted by atomic mass is 35.5. The zero-order valence-corrected chi connectivity index (χ0v) is 12.0. The summed E-state index contributed by atoms with van der Waals surface area (Å²) in [7, 11) is 0. The SMILES string of the molecule is Nc1ccc(C(=O)NC2CCCCC2C(F)(F)F)cc1Cl. The molecule has 1 amide bonds. The number of carbonyl (C=O) groups excluding carboxylic acids is 1. The van der Waals surface area contributed by atoms with Gasteiger partial charge in [-0.25, -0.2) is 0 Å². The maximum absolute atomic E-state index is 13.0. The predicted molar refractivity (Wildman–Crippen MR) is 75.1 cm³/mol. The number of benzene rings is 1. The fourth-order valence-electron chi connectivity index (χ4n) is 2.62. The Morgan fingerprint density at radius 3 is 2.57 bits per heavy atom.